The van der Waals surface area contributed by atoms with Crippen molar-refractivity contribution in [3.63, 3.8) is 0 Å². The molecule has 0 radical (unpaired) electrons. The number of carbonyl (C=O) groups excluding carboxylic acids is 2. The Hall–Kier alpha value is -2.77. The van der Waals surface area contributed by atoms with Crippen molar-refractivity contribution >= 4 is 22.9 Å². The molecule has 3 rings (SSSR count). The van der Waals surface area contributed by atoms with Crippen molar-refractivity contribution in [2.75, 3.05) is 26.2 Å². The number of nitrogens with zero attached hydrogens (tertiary/aromatic N) is 4. The number of hydrogen-bond donors (Lipinski definition) is 0. The lowest BCUT2D eigenvalue weighted by molar-refractivity contribution is -0.133. The van der Waals surface area contributed by atoms with Crippen LogP contribution in [0.5, 0.6) is 0 Å². The molecule has 2 amide bonds. The van der Waals surface area contributed by atoms with E-state index in [-0.39, 0.29) is 24.0 Å². The number of rotatable bonds is 3. The van der Waals surface area contributed by atoms with Gasteiger partial charge < -0.3 is 23.7 Å². The molecule has 0 N–H and O–H groups in total. The van der Waals surface area contributed by atoms with Crippen LogP contribution in [0.4, 0.5) is 4.79 Å². The highest BCUT2D eigenvalue weighted by molar-refractivity contribution is 5.79. The Kier molecular flexibility index (Phi) is 5.49. The fourth-order valence-corrected chi connectivity index (χ4v) is 3.35. The van der Waals surface area contributed by atoms with Gasteiger partial charge in [0.1, 0.15) is 11.1 Å². The highest BCUT2D eigenvalue weighted by Crippen LogP contribution is 2.13. The maximum atomic E-state index is 12.6. The summed E-state index contributed by atoms with van der Waals surface area (Å²) in [6.07, 6.45) is 3.49. The van der Waals surface area contributed by atoms with Gasteiger partial charge in [0.15, 0.2) is 0 Å². The van der Waals surface area contributed by atoms with E-state index in [2.05, 4.69) is 0 Å². The average molecular weight is 388 g/mol. The quantitative estimate of drug-likeness (QED) is 0.804. The molecule has 0 bridgehead atoms. The smallest absolute Gasteiger partial charge is 0.410 e. The molecule has 1 saturated heterocycles. The first-order valence-corrected chi connectivity index (χ1v) is 9.56. The molecule has 8 nitrogen and oxygen atoms in total. The van der Waals surface area contributed by atoms with Crippen LogP contribution in [0.15, 0.2) is 29.3 Å². The number of amides is 2. The van der Waals surface area contributed by atoms with E-state index in [9.17, 15) is 14.4 Å². The second-order valence-corrected chi connectivity index (χ2v) is 8.14. The Balaban J connectivity index is 1.54. The fourth-order valence-electron chi connectivity index (χ4n) is 3.35. The van der Waals surface area contributed by atoms with E-state index < -0.39 is 5.60 Å². The van der Waals surface area contributed by atoms with Gasteiger partial charge in [0, 0.05) is 64.0 Å². The van der Waals surface area contributed by atoms with E-state index in [4.69, 9.17) is 4.74 Å². The number of hydrogen-bond acceptors (Lipinski definition) is 4. The molecule has 0 aromatic carbocycles. The summed E-state index contributed by atoms with van der Waals surface area (Å²) in [6, 6.07) is 3.79. The third kappa shape index (κ3) is 4.37. The van der Waals surface area contributed by atoms with E-state index in [0.717, 1.165) is 5.39 Å². The van der Waals surface area contributed by atoms with Crippen LogP contribution >= 0.6 is 0 Å². The van der Waals surface area contributed by atoms with Crippen LogP contribution in [-0.2, 0) is 23.1 Å². The molecular formula is C20H28N4O4. The highest BCUT2D eigenvalue weighted by Gasteiger charge is 2.27. The van der Waals surface area contributed by atoms with E-state index in [0.29, 0.717) is 38.2 Å². The first-order chi connectivity index (χ1) is 13.2. The summed E-state index contributed by atoms with van der Waals surface area (Å²) >= 11 is 0. The van der Waals surface area contributed by atoms with Crippen LogP contribution in [0, 0.1) is 0 Å². The van der Waals surface area contributed by atoms with Gasteiger partial charge in [-0.25, -0.2) is 4.79 Å². The molecule has 1 fully saturated rings. The minimum Gasteiger partial charge on any atom is -0.444 e. The number of pyridine rings is 1. The lowest BCUT2D eigenvalue weighted by Crippen LogP contribution is -2.51. The van der Waals surface area contributed by atoms with Gasteiger partial charge >= 0.3 is 6.09 Å². The maximum absolute atomic E-state index is 12.6. The number of piperazine rings is 1. The molecule has 152 valence electrons. The summed E-state index contributed by atoms with van der Waals surface area (Å²) in [5.74, 6) is -0.0114. The number of carbonyl (C=O) groups is 2. The van der Waals surface area contributed by atoms with Crippen LogP contribution in [0.3, 0.4) is 0 Å². The van der Waals surface area contributed by atoms with Gasteiger partial charge in [-0.3, -0.25) is 9.59 Å². The second-order valence-electron chi connectivity index (χ2n) is 8.14. The fraction of sp³-hybridized carbons (Fsp3) is 0.550. The summed E-state index contributed by atoms with van der Waals surface area (Å²) in [5, 5.41) is 0.897. The third-order valence-electron chi connectivity index (χ3n) is 4.85. The van der Waals surface area contributed by atoms with E-state index >= 15 is 0 Å². The number of aryl methyl sites for hydroxylation is 2. The van der Waals surface area contributed by atoms with Gasteiger partial charge in [-0.2, -0.15) is 0 Å². The minimum absolute atomic E-state index is 0.0114. The Morgan fingerprint density at radius 2 is 1.64 bits per heavy atom. The zero-order valence-electron chi connectivity index (χ0n) is 17.0. The van der Waals surface area contributed by atoms with Crippen molar-refractivity contribution in [1.82, 2.24) is 18.9 Å². The average Bonchev–Trinajstić information content (AvgIpc) is 3.01. The number of aromatic nitrogens is 2. The Labute approximate surface area is 164 Å². The first-order valence-electron chi connectivity index (χ1n) is 9.56. The normalized spacial score (nSPS) is 15.1. The largest absolute Gasteiger partial charge is 0.444 e. The highest BCUT2D eigenvalue weighted by atomic mass is 16.6. The van der Waals surface area contributed by atoms with Crippen molar-refractivity contribution < 1.29 is 14.3 Å². The van der Waals surface area contributed by atoms with Crippen molar-refractivity contribution in [2.24, 2.45) is 7.05 Å². The standard InChI is InChI=1S/C20H28N4O4/c1-20(2,3)28-19(27)24-13-11-22(12-14-24)16(25)7-10-23-9-6-15-5-8-21(4)17(15)18(23)26/h5-6,8-9H,7,10-14H2,1-4H3. The molecule has 1 aliphatic rings. The van der Waals surface area contributed by atoms with Crippen molar-refractivity contribution in [2.45, 2.75) is 39.3 Å². The summed E-state index contributed by atoms with van der Waals surface area (Å²) in [6.45, 7) is 7.70. The number of fused-ring (bicyclic) bond motifs is 1. The van der Waals surface area contributed by atoms with Gasteiger partial charge in [0.2, 0.25) is 5.91 Å². The Bertz CT molecular complexity index is 930. The van der Waals surface area contributed by atoms with Crippen LogP contribution < -0.4 is 5.56 Å². The lowest BCUT2D eigenvalue weighted by atomic mass is 10.2. The van der Waals surface area contributed by atoms with Gasteiger partial charge in [0.05, 0.1) is 0 Å². The second kappa shape index (κ2) is 7.69. The molecule has 0 unspecified atom stereocenters. The first kappa shape index (κ1) is 20.0. The number of ether oxygens (including phenoxy) is 1. The Morgan fingerprint density at radius 3 is 2.29 bits per heavy atom. The van der Waals surface area contributed by atoms with Crippen LogP contribution in [0.2, 0.25) is 0 Å². The Morgan fingerprint density at radius 1 is 1.04 bits per heavy atom. The summed E-state index contributed by atoms with van der Waals surface area (Å²) in [5.41, 5.74) is 0.0185. The van der Waals surface area contributed by atoms with Crippen molar-refractivity contribution in [1.29, 1.82) is 0 Å². The summed E-state index contributed by atoms with van der Waals surface area (Å²) < 4.78 is 8.75. The zero-order valence-corrected chi connectivity index (χ0v) is 17.0. The molecule has 2 aromatic rings. The van der Waals surface area contributed by atoms with Gasteiger partial charge in [-0.15, -0.1) is 0 Å². The monoisotopic (exact) mass is 388 g/mol. The van der Waals surface area contributed by atoms with Crippen molar-refractivity contribution in [3.8, 4) is 0 Å². The molecule has 3 heterocycles. The molecule has 2 aromatic heterocycles. The van der Waals surface area contributed by atoms with Gasteiger partial charge in [0.25, 0.3) is 5.56 Å². The van der Waals surface area contributed by atoms with Crippen LogP contribution in [-0.4, -0.2) is 62.7 Å². The van der Waals surface area contributed by atoms with Gasteiger partial charge in [-0.1, -0.05) is 0 Å². The molecule has 28 heavy (non-hydrogen) atoms. The van der Waals surface area contributed by atoms with Crippen LogP contribution in [0.25, 0.3) is 10.9 Å². The maximum Gasteiger partial charge on any atom is 0.410 e. The predicted octanol–water partition coefficient (Wildman–Crippen LogP) is 1.81. The minimum atomic E-state index is -0.531. The topological polar surface area (TPSA) is 76.8 Å². The predicted molar refractivity (Wildman–Crippen MR) is 106 cm³/mol. The van der Waals surface area contributed by atoms with E-state index in [1.165, 1.54) is 0 Å². The molecule has 0 saturated carbocycles. The molecule has 0 spiro atoms. The summed E-state index contributed by atoms with van der Waals surface area (Å²) in [7, 11) is 1.84. The molecule has 0 atom stereocenters. The third-order valence-corrected chi connectivity index (χ3v) is 4.85. The van der Waals surface area contributed by atoms with Crippen molar-refractivity contribution in [3.05, 3.63) is 34.9 Å². The van der Waals surface area contributed by atoms with E-state index in [1.54, 1.807) is 25.1 Å². The summed E-state index contributed by atoms with van der Waals surface area (Å²) in [4.78, 5) is 40.6. The lowest BCUT2D eigenvalue weighted by Gasteiger charge is -2.35. The SMILES string of the molecule is Cn1ccc2ccn(CCC(=O)N3CCN(C(=O)OC(C)(C)C)CC3)c(=O)c21. The van der Waals surface area contributed by atoms with Gasteiger partial charge in [-0.05, 0) is 32.9 Å². The molecule has 0 aliphatic carbocycles. The molecule has 8 heteroatoms. The molecule has 1 aliphatic heterocycles. The van der Waals surface area contributed by atoms with E-state index in [1.807, 2.05) is 46.1 Å². The molecular weight excluding hydrogens is 360 g/mol. The van der Waals surface area contributed by atoms with Crippen LogP contribution in [0.1, 0.15) is 27.2 Å². The zero-order chi connectivity index (χ0) is 20.5.